The minimum Gasteiger partial charge on any atom is -0.476 e. The third-order valence-electron chi connectivity index (χ3n) is 2.62. The van der Waals surface area contributed by atoms with E-state index in [1.807, 2.05) is 0 Å². The van der Waals surface area contributed by atoms with Gasteiger partial charge in [0.1, 0.15) is 0 Å². The van der Waals surface area contributed by atoms with E-state index < -0.39 is 11.9 Å². The zero-order chi connectivity index (χ0) is 14.0. The van der Waals surface area contributed by atoms with E-state index in [2.05, 4.69) is 9.84 Å². The van der Waals surface area contributed by atoms with Gasteiger partial charge in [0.05, 0.1) is 18.4 Å². The van der Waals surface area contributed by atoms with Crippen LogP contribution in [0.5, 0.6) is 0 Å². The second-order valence-corrected chi connectivity index (χ2v) is 3.93. The number of aryl methyl sites for hydroxylation is 1. The first-order valence-electron chi connectivity index (χ1n) is 5.51. The van der Waals surface area contributed by atoms with Crippen molar-refractivity contribution in [1.29, 1.82) is 0 Å². The van der Waals surface area contributed by atoms with E-state index in [-0.39, 0.29) is 5.69 Å². The predicted molar refractivity (Wildman–Crippen MR) is 66.6 cm³/mol. The number of carbonyl (C=O) groups is 2. The third kappa shape index (κ3) is 2.47. The fourth-order valence-electron chi connectivity index (χ4n) is 1.72. The van der Waals surface area contributed by atoms with Gasteiger partial charge >= 0.3 is 11.9 Å². The topological polar surface area (TPSA) is 81.4 Å². The maximum atomic E-state index is 11.4. The second kappa shape index (κ2) is 4.93. The molecule has 0 spiro atoms. The second-order valence-electron chi connectivity index (χ2n) is 3.93. The molecule has 0 atom stereocenters. The highest BCUT2D eigenvalue weighted by molar-refractivity contribution is 5.90. The quantitative estimate of drug-likeness (QED) is 0.849. The number of rotatable bonds is 3. The molecule has 0 aliphatic heterocycles. The Morgan fingerprint density at radius 3 is 2.63 bits per heavy atom. The van der Waals surface area contributed by atoms with Gasteiger partial charge in [0.15, 0.2) is 5.69 Å². The van der Waals surface area contributed by atoms with Gasteiger partial charge in [-0.05, 0) is 31.2 Å². The van der Waals surface area contributed by atoms with Crippen LogP contribution < -0.4 is 0 Å². The van der Waals surface area contributed by atoms with Crippen molar-refractivity contribution in [3.63, 3.8) is 0 Å². The van der Waals surface area contributed by atoms with Crippen molar-refractivity contribution < 1.29 is 19.4 Å². The summed E-state index contributed by atoms with van der Waals surface area (Å²) in [6.45, 7) is 1.74. The molecule has 0 saturated heterocycles. The molecule has 0 saturated carbocycles. The molecule has 1 aromatic carbocycles. The van der Waals surface area contributed by atoms with Crippen LogP contribution in [-0.2, 0) is 4.74 Å². The van der Waals surface area contributed by atoms with Crippen LogP contribution in [0.25, 0.3) is 5.69 Å². The maximum absolute atomic E-state index is 11.4. The Morgan fingerprint density at radius 2 is 2.05 bits per heavy atom. The van der Waals surface area contributed by atoms with E-state index in [0.29, 0.717) is 16.9 Å². The van der Waals surface area contributed by atoms with E-state index in [9.17, 15) is 9.59 Å². The van der Waals surface area contributed by atoms with E-state index in [0.717, 1.165) is 0 Å². The number of carboxylic acid groups (broad SMARTS) is 1. The van der Waals surface area contributed by atoms with Crippen LogP contribution in [0.2, 0.25) is 0 Å². The molecule has 98 valence electrons. The van der Waals surface area contributed by atoms with Gasteiger partial charge < -0.3 is 9.84 Å². The van der Waals surface area contributed by atoms with Crippen LogP contribution in [0, 0.1) is 6.92 Å². The number of aromatic carboxylic acids is 1. The molecular weight excluding hydrogens is 248 g/mol. The van der Waals surface area contributed by atoms with Crippen molar-refractivity contribution in [2.75, 3.05) is 7.11 Å². The minimum atomic E-state index is -1.09. The first-order chi connectivity index (χ1) is 9.02. The number of esters is 1. The van der Waals surface area contributed by atoms with E-state index in [1.54, 1.807) is 31.2 Å². The Labute approximate surface area is 109 Å². The lowest BCUT2D eigenvalue weighted by Crippen LogP contribution is -2.05. The molecule has 2 rings (SSSR count). The van der Waals surface area contributed by atoms with Gasteiger partial charge in [-0.1, -0.05) is 6.07 Å². The highest BCUT2D eigenvalue weighted by Gasteiger charge is 2.13. The van der Waals surface area contributed by atoms with Gasteiger partial charge in [-0.3, -0.25) is 0 Å². The first-order valence-corrected chi connectivity index (χ1v) is 5.51. The number of benzene rings is 1. The zero-order valence-electron chi connectivity index (χ0n) is 10.5. The summed E-state index contributed by atoms with van der Waals surface area (Å²) >= 11 is 0. The van der Waals surface area contributed by atoms with Gasteiger partial charge in [0.25, 0.3) is 0 Å². The van der Waals surface area contributed by atoms with Crippen LogP contribution in [0.3, 0.4) is 0 Å². The minimum absolute atomic E-state index is 0.0408. The fraction of sp³-hybridized carbons (Fsp3) is 0.154. The number of aromatic nitrogens is 2. The third-order valence-corrected chi connectivity index (χ3v) is 2.62. The molecule has 19 heavy (non-hydrogen) atoms. The number of ether oxygens (including phenoxy) is 1. The van der Waals surface area contributed by atoms with E-state index in [4.69, 9.17) is 5.11 Å². The average molecular weight is 260 g/mol. The van der Waals surface area contributed by atoms with Crippen molar-refractivity contribution in [3.8, 4) is 5.69 Å². The smallest absolute Gasteiger partial charge is 0.356 e. The summed E-state index contributed by atoms with van der Waals surface area (Å²) in [5.41, 5.74) is 1.61. The summed E-state index contributed by atoms with van der Waals surface area (Å²) < 4.78 is 6.11. The predicted octanol–water partition coefficient (Wildman–Crippen LogP) is 1.67. The average Bonchev–Trinajstić information content (AvgIpc) is 2.80. The normalized spacial score (nSPS) is 10.2. The molecular formula is C13H12N2O4. The Kier molecular flexibility index (Phi) is 3.33. The molecule has 0 aliphatic rings. The molecule has 0 radical (unpaired) electrons. The number of hydrogen-bond donors (Lipinski definition) is 1. The number of nitrogens with zero attached hydrogens (tertiary/aromatic N) is 2. The van der Waals surface area contributed by atoms with Crippen LogP contribution in [0.15, 0.2) is 30.3 Å². The molecule has 0 aliphatic carbocycles. The van der Waals surface area contributed by atoms with Crippen molar-refractivity contribution in [2.24, 2.45) is 0 Å². The van der Waals surface area contributed by atoms with Gasteiger partial charge in [0.2, 0.25) is 0 Å². The van der Waals surface area contributed by atoms with E-state index in [1.165, 1.54) is 17.9 Å². The fourth-order valence-corrected chi connectivity index (χ4v) is 1.72. The Morgan fingerprint density at radius 1 is 1.32 bits per heavy atom. The maximum Gasteiger partial charge on any atom is 0.356 e. The molecule has 1 N–H and O–H groups in total. The van der Waals surface area contributed by atoms with Crippen molar-refractivity contribution in [2.45, 2.75) is 6.92 Å². The van der Waals surface area contributed by atoms with E-state index >= 15 is 0 Å². The van der Waals surface area contributed by atoms with Crippen LogP contribution in [0.1, 0.15) is 26.5 Å². The number of hydrogen-bond acceptors (Lipinski definition) is 4. The highest BCUT2D eigenvalue weighted by atomic mass is 16.5. The molecule has 0 fully saturated rings. The SMILES string of the molecule is COC(=O)c1cccc(-n2nc(C(=O)O)cc2C)c1. The lowest BCUT2D eigenvalue weighted by atomic mass is 10.2. The Bertz CT molecular complexity index is 646. The number of carboxylic acids is 1. The van der Waals surface area contributed by atoms with Gasteiger partial charge in [-0.25, -0.2) is 14.3 Å². The summed E-state index contributed by atoms with van der Waals surface area (Å²) in [7, 11) is 1.30. The number of carbonyl (C=O) groups excluding carboxylic acids is 1. The van der Waals surface area contributed by atoms with Crippen molar-refractivity contribution in [1.82, 2.24) is 9.78 Å². The molecule has 1 aromatic heterocycles. The summed E-state index contributed by atoms with van der Waals surface area (Å²) in [5, 5.41) is 12.9. The largest absolute Gasteiger partial charge is 0.476 e. The molecule has 1 heterocycles. The van der Waals surface area contributed by atoms with Crippen molar-refractivity contribution >= 4 is 11.9 Å². The lowest BCUT2D eigenvalue weighted by molar-refractivity contribution is 0.0599. The van der Waals surface area contributed by atoms with Gasteiger partial charge in [-0.2, -0.15) is 5.10 Å². The summed E-state index contributed by atoms with van der Waals surface area (Å²) in [4.78, 5) is 22.3. The first kappa shape index (κ1) is 12.8. The van der Waals surface area contributed by atoms with Gasteiger partial charge in [0, 0.05) is 5.69 Å². The lowest BCUT2D eigenvalue weighted by Gasteiger charge is -2.06. The molecule has 0 bridgehead atoms. The molecule has 6 heteroatoms. The number of methoxy groups -OCH3 is 1. The molecule has 2 aromatic rings. The van der Waals surface area contributed by atoms with Gasteiger partial charge in [-0.15, -0.1) is 0 Å². The molecule has 0 unspecified atom stereocenters. The Balaban J connectivity index is 2.47. The van der Waals surface area contributed by atoms with Crippen LogP contribution >= 0.6 is 0 Å². The van der Waals surface area contributed by atoms with Crippen molar-refractivity contribution in [3.05, 3.63) is 47.3 Å². The molecule has 0 amide bonds. The summed E-state index contributed by atoms with van der Waals surface area (Å²) in [6.07, 6.45) is 0. The summed E-state index contributed by atoms with van der Waals surface area (Å²) in [6, 6.07) is 8.10. The van der Waals surface area contributed by atoms with Crippen LogP contribution in [-0.4, -0.2) is 33.9 Å². The summed E-state index contributed by atoms with van der Waals surface area (Å²) in [5.74, 6) is -1.55. The Hall–Kier alpha value is -2.63. The highest BCUT2D eigenvalue weighted by Crippen LogP contribution is 2.14. The monoisotopic (exact) mass is 260 g/mol. The van der Waals surface area contributed by atoms with Crippen LogP contribution in [0.4, 0.5) is 0 Å². The molecule has 6 nitrogen and oxygen atoms in total. The standard InChI is InChI=1S/C13H12N2O4/c1-8-6-11(12(16)17)14-15(8)10-5-3-4-9(7-10)13(18)19-2/h3-7H,1-2H3,(H,16,17). The zero-order valence-corrected chi connectivity index (χ0v) is 10.5.